The van der Waals surface area contributed by atoms with Gasteiger partial charge in [0.05, 0.1) is 0 Å². The van der Waals surface area contributed by atoms with Crippen molar-refractivity contribution in [2.45, 2.75) is 6.61 Å². The van der Waals surface area contributed by atoms with Gasteiger partial charge in [0.1, 0.15) is 12.4 Å². The molecule has 0 saturated heterocycles. The molecule has 1 N–H and O–H groups in total. The highest BCUT2D eigenvalue weighted by Crippen LogP contribution is 2.37. The van der Waals surface area contributed by atoms with Gasteiger partial charge in [0.2, 0.25) is 0 Å². The number of ether oxygens (including phenoxy) is 2. The summed E-state index contributed by atoms with van der Waals surface area (Å²) in [6, 6.07) is 23.3. The molecule has 25 heavy (non-hydrogen) atoms. The highest BCUT2D eigenvalue weighted by atomic mass is 35.5. The second kappa shape index (κ2) is 6.91. The van der Waals surface area contributed by atoms with Crippen molar-refractivity contribution in [2.24, 2.45) is 0 Å². The minimum atomic E-state index is 0.450. The predicted octanol–water partition coefficient (Wildman–Crippen LogP) is 6.19. The summed E-state index contributed by atoms with van der Waals surface area (Å²) in [6.07, 6.45) is 1.90. The van der Waals surface area contributed by atoms with Gasteiger partial charge >= 0.3 is 0 Å². The molecule has 124 valence electrons. The van der Waals surface area contributed by atoms with Crippen LogP contribution in [0, 0.1) is 0 Å². The Hall–Kier alpha value is -2.91. The second-order valence-electron chi connectivity index (χ2n) is 5.66. The van der Waals surface area contributed by atoms with Gasteiger partial charge in [0.15, 0.2) is 11.5 Å². The van der Waals surface area contributed by atoms with E-state index < -0.39 is 0 Å². The summed E-state index contributed by atoms with van der Waals surface area (Å²) in [7, 11) is 0. The molecule has 1 aromatic heterocycles. The van der Waals surface area contributed by atoms with Gasteiger partial charge in [-0.3, -0.25) is 0 Å². The quantitative estimate of drug-likeness (QED) is 0.466. The molecule has 0 fully saturated rings. The van der Waals surface area contributed by atoms with Crippen molar-refractivity contribution in [1.29, 1.82) is 0 Å². The van der Waals surface area contributed by atoms with Crippen molar-refractivity contribution in [3.63, 3.8) is 0 Å². The van der Waals surface area contributed by atoms with Crippen molar-refractivity contribution < 1.29 is 9.47 Å². The molecule has 0 atom stereocenters. The molecule has 3 aromatic carbocycles. The van der Waals surface area contributed by atoms with Crippen LogP contribution in [0.3, 0.4) is 0 Å². The lowest BCUT2D eigenvalue weighted by atomic mass is 10.2. The standard InChI is InChI=1S/C21H16ClNO2/c22-16-9-10-20(21(13-16)24-14-15-5-2-1-3-6-15)25-19-8-4-7-18-17(19)11-12-23-18/h1-13,23H,14H2. The van der Waals surface area contributed by atoms with Crippen molar-refractivity contribution in [1.82, 2.24) is 4.98 Å². The number of H-pyrrole nitrogens is 1. The van der Waals surface area contributed by atoms with E-state index >= 15 is 0 Å². The number of aromatic nitrogens is 1. The Kier molecular flexibility index (Phi) is 4.32. The third-order valence-corrected chi connectivity index (χ3v) is 4.15. The number of hydrogen-bond acceptors (Lipinski definition) is 2. The normalized spacial score (nSPS) is 10.8. The largest absolute Gasteiger partial charge is 0.485 e. The molecule has 4 heteroatoms. The molecule has 0 saturated carbocycles. The minimum Gasteiger partial charge on any atom is -0.485 e. The van der Waals surface area contributed by atoms with Crippen LogP contribution in [-0.4, -0.2) is 4.98 Å². The molecule has 0 bridgehead atoms. The SMILES string of the molecule is Clc1ccc(Oc2cccc3[nH]ccc23)c(OCc2ccccc2)c1. The lowest BCUT2D eigenvalue weighted by Crippen LogP contribution is -1.97. The average molecular weight is 350 g/mol. The van der Waals surface area contributed by atoms with E-state index in [0.717, 1.165) is 22.2 Å². The maximum absolute atomic E-state index is 6.14. The zero-order valence-electron chi connectivity index (χ0n) is 13.4. The van der Waals surface area contributed by atoms with Crippen molar-refractivity contribution >= 4 is 22.5 Å². The summed E-state index contributed by atoms with van der Waals surface area (Å²) in [6.45, 7) is 0.450. The van der Waals surface area contributed by atoms with Crippen LogP contribution in [-0.2, 0) is 6.61 Å². The zero-order valence-corrected chi connectivity index (χ0v) is 14.2. The summed E-state index contributed by atoms with van der Waals surface area (Å²) >= 11 is 6.14. The lowest BCUT2D eigenvalue weighted by molar-refractivity contribution is 0.292. The number of fused-ring (bicyclic) bond motifs is 1. The lowest BCUT2D eigenvalue weighted by Gasteiger charge is -2.13. The number of aromatic amines is 1. The Morgan fingerprint density at radius 2 is 1.68 bits per heavy atom. The number of nitrogens with one attached hydrogen (secondary N) is 1. The van der Waals surface area contributed by atoms with E-state index in [9.17, 15) is 0 Å². The van der Waals surface area contributed by atoms with Gasteiger partial charge < -0.3 is 14.5 Å². The topological polar surface area (TPSA) is 34.2 Å². The third-order valence-electron chi connectivity index (χ3n) is 3.92. The van der Waals surface area contributed by atoms with Crippen LogP contribution < -0.4 is 9.47 Å². The first-order valence-corrected chi connectivity index (χ1v) is 8.37. The van der Waals surface area contributed by atoms with Crippen LogP contribution in [0.5, 0.6) is 17.2 Å². The Morgan fingerprint density at radius 1 is 0.800 bits per heavy atom. The van der Waals surface area contributed by atoms with Crippen molar-refractivity contribution in [3.05, 3.63) is 89.6 Å². The minimum absolute atomic E-state index is 0.450. The first-order chi connectivity index (χ1) is 12.3. The van der Waals surface area contributed by atoms with Crippen molar-refractivity contribution in [2.75, 3.05) is 0 Å². The molecule has 1 heterocycles. The van der Waals surface area contributed by atoms with Crippen LogP contribution in [0.4, 0.5) is 0 Å². The number of rotatable bonds is 5. The second-order valence-corrected chi connectivity index (χ2v) is 6.10. The molecule has 4 aromatic rings. The van der Waals surface area contributed by atoms with Crippen molar-refractivity contribution in [3.8, 4) is 17.2 Å². The molecule has 0 radical (unpaired) electrons. The Morgan fingerprint density at radius 3 is 2.56 bits per heavy atom. The molecule has 0 amide bonds. The molecule has 0 aliphatic heterocycles. The number of halogens is 1. The molecular weight excluding hydrogens is 334 g/mol. The van der Waals surface area contributed by atoms with Gasteiger partial charge in [0.25, 0.3) is 0 Å². The van der Waals surface area contributed by atoms with Crippen LogP contribution in [0.2, 0.25) is 5.02 Å². The Labute approximate surface area is 150 Å². The van der Waals surface area contributed by atoms with Gasteiger partial charge in [-0.25, -0.2) is 0 Å². The maximum Gasteiger partial charge on any atom is 0.169 e. The molecule has 3 nitrogen and oxygen atoms in total. The van der Waals surface area contributed by atoms with Gasteiger partial charge in [-0.1, -0.05) is 48.0 Å². The molecular formula is C21H16ClNO2. The molecule has 4 rings (SSSR count). The van der Waals surface area contributed by atoms with Crippen LogP contribution >= 0.6 is 11.6 Å². The number of hydrogen-bond donors (Lipinski definition) is 1. The monoisotopic (exact) mass is 349 g/mol. The van der Waals surface area contributed by atoms with Crippen LogP contribution in [0.1, 0.15) is 5.56 Å². The van der Waals surface area contributed by atoms with Crippen LogP contribution in [0.15, 0.2) is 79.0 Å². The predicted molar refractivity (Wildman–Crippen MR) is 101 cm³/mol. The molecule has 0 aliphatic rings. The summed E-state index contributed by atoms with van der Waals surface area (Å²) in [4.78, 5) is 3.18. The van der Waals surface area contributed by atoms with E-state index in [-0.39, 0.29) is 0 Å². The van der Waals surface area contributed by atoms with E-state index in [1.807, 2.05) is 66.9 Å². The maximum atomic E-state index is 6.14. The average Bonchev–Trinajstić information content (AvgIpc) is 3.12. The Bertz CT molecular complexity index is 995. The van der Waals surface area contributed by atoms with Gasteiger partial charge in [-0.05, 0) is 35.9 Å². The fourth-order valence-electron chi connectivity index (χ4n) is 2.68. The van der Waals surface area contributed by atoms with E-state index in [4.69, 9.17) is 21.1 Å². The third kappa shape index (κ3) is 3.47. The van der Waals surface area contributed by atoms with E-state index in [0.29, 0.717) is 23.1 Å². The fourth-order valence-corrected chi connectivity index (χ4v) is 2.84. The highest BCUT2D eigenvalue weighted by Gasteiger charge is 2.10. The highest BCUT2D eigenvalue weighted by molar-refractivity contribution is 6.30. The molecule has 0 aliphatic carbocycles. The van der Waals surface area contributed by atoms with Crippen LogP contribution in [0.25, 0.3) is 10.9 Å². The first kappa shape index (κ1) is 15.6. The Balaban J connectivity index is 1.62. The van der Waals surface area contributed by atoms with Gasteiger partial charge in [-0.15, -0.1) is 0 Å². The summed E-state index contributed by atoms with van der Waals surface area (Å²) < 4.78 is 12.1. The van der Waals surface area contributed by atoms with E-state index in [1.165, 1.54) is 0 Å². The number of benzene rings is 3. The summed E-state index contributed by atoms with van der Waals surface area (Å²) in [5, 5.41) is 1.63. The van der Waals surface area contributed by atoms with Gasteiger partial charge in [-0.2, -0.15) is 0 Å². The molecule has 0 spiro atoms. The van der Waals surface area contributed by atoms with Gasteiger partial charge in [0, 0.05) is 28.2 Å². The molecule has 0 unspecified atom stereocenters. The zero-order chi connectivity index (χ0) is 17.1. The first-order valence-electron chi connectivity index (χ1n) is 8.00. The summed E-state index contributed by atoms with van der Waals surface area (Å²) in [5.41, 5.74) is 2.11. The van der Waals surface area contributed by atoms with E-state index in [2.05, 4.69) is 4.98 Å². The van der Waals surface area contributed by atoms with E-state index in [1.54, 1.807) is 12.1 Å². The smallest absolute Gasteiger partial charge is 0.169 e. The summed E-state index contributed by atoms with van der Waals surface area (Å²) in [5.74, 6) is 2.02. The fraction of sp³-hybridized carbons (Fsp3) is 0.0476.